The van der Waals surface area contributed by atoms with Crippen molar-refractivity contribution in [2.75, 3.05) is 5.32 Å². The highest BCUT2D eigenvalue weighted by Gasteiger charge is 2.12. The number of nitrogens with one attached hydrogen (secondary N) is 1. The summed E-state index contributed by atoms with van der Waals surface area (Å²) in [7, 11) is 0. The quantitative estimate of drug-likeness (QED) is 0.694. The normalized spacial score (nSPS) is 11.1. The number of aryl methyl sites for hydroxylation is 3. The second-order valence-corrected chi connectivity index (χ2v) is 5.88. The molecule has 112 valence electrons. The molecule has 0 saturated heterocycles. The number of carbonyl (C=O) groups is 1. The number of carbonyl (C=O) groups excluding carboxylic acids is 1. The van der Waals surface area contributed by atoms with E-state index in [1.807, 2.05) is 45.0 Å². The number of nitrogens with zero attached hydrogens (tertiary/aromatic N) is 3. The largest absolute Gasteiger partial charge is 0.296 e. The summed E-state index contributed by atoms with van der Waals surface area (Å²) in [5.74, 6) is -0.473. The molecule has 0 saturated carbocycles. The van der Waals surface area contributed by atoms with Crippen LogP contribution in [0, 0.1) is 25.2 Å². The van der Waals surface area contributed by atoms with Crippen LogP contribution in [0.15, 0.2) is 23.8 Å². The number of benzene rings is 1. The third kappa shape index (κ3) is 3.77. The molecule has 5 nitrogen and oxygen atoms in total. The zero-order valence-electron chi connectivity index (χ0n) is 12.7. The first-order valence-electron chi connectivity index (χ1n) is 6.86. The van der Waals surface area contributed by atoms with E-state index >= 15 is 0 Å². The third-order valence-corrected chi connectivity index (χ3v) is 4.18. The molecule has 2 aromatic rings. The van der Waals surface area contributed by atoms with E-state index in [-0.39, 0.29) is 5.57 Å². The molecular formula is C16H16N4OS. The van der Waals surface area contributed by atoms with Gasteiger partial charge < -0.3 is 0 Å². The van der Waals surface area contributed by atoms with E-state index in [1.54, 1.807) is 6.08 Å². The molecule has 2 rings (SSSR count). The lowest BCUT2D eigenvalue weighted by Crippen LogP contribution is -2.13. The van der Waals surface area contributed by atoms with Crippen molar-refractivity contribution < 1.29 is 4.79 Å². The van der Waals surface area contributed by atoms with E-state index in [9.17, 15) is 10.1 Å². The summed E-state index contributed by atoms with van der Waals surface area (Å²) in [6, 6.07) is 7.72. The smallest absolute Gasteiger partial charge is 0.268 e. The maximum Gasteiger partial charge on any atom is 0.268 e. The molecule has 0 fully saturated rings. The van der Waals surface area contributed by atoms with Crippen LogP contribution in [0.5, 0.6) is 0 Å². The monoisotopic (exact) mass is 312 g/mol. The zero-order chi connectivity index (χ0) is 16.1. The van der Waals surface area contributed by atoms with Crippen LogP contribution in [0.25, 0.3) is 6.08 Å². The maximum atomic E-state index is 12.1. The van der Waals surface area contributed by atoms with Gasteiger partial charge in [0.25, 0.3) is 5.91 Å². The van der Waals surface area contributed by atoms with Crippen molar-refractivity contribution in [1.29, 1.82) is 5.26 Å². The van der Waals surface area contributed by atoms with Crippen LogP contribution in [-0.2, 0) is 11.2 Å². The fraction of sp³-hybridized carbons (Fsp3) is 0.250. The highest BCUT2D eigenvalue weighted by molar-refractivity contribution is 7.15. The van der Waals surface area contributed by atoms with Crippen LogP contribution in [-0.4, -0.2) is 16.1 Å². The number of nitriles is 1. The molecule has 0 aliphatic carbocycles. The third-order valence-electron chi connectivity index (χ3n) is 3.20. The minimum atomic E-state index is -0.473. The van der Waals surface area contributed by atoms with Gasteiger partial charge in [0.05, 0.1) is 0 Å². The van der Waals surface area contributed by atoms with E-state index in [2.05, 4.69) is 15.5 Å². The summed E-state index contributed by atoms with van der Waals surface area (Å²) in [5.41, 5.74) is 3.14. The van der Waals surface area contributed by atoms with Crippen LogP contribution in [0.2, 0.25) is 0 Å². The second kappa shape index (κ2) is 6.96. The molecule has 1 N–H and O–H groups in total. The summed E-state index contributed by atoms with van der Waals surface area (Å²) < 4.78 is 0. The SMILES string of the molecule is CCc1nnc(NC(=O)C(C#N)=Cc2ccc(C)c(C)c2)s1. The predicted molar refractivity (Wildman–Crippen MR) is 87.4 cm³/mol. The van der Waals surface area contributed by atoms with Crippen molar-refractivity contribution in [1.82, 2.24) is 10.2 Å². The Labute approximate surface area is 133 Å². The van der Waals surface area contributed by atoms with Crippen molar-refractivity contribution in [3.8, 4) is 6.07 Å². The number of amides is 1. The van der Waals surface area contributed by atoms with Gasteiger partial charge in [-0.3, -0.25) is 10.1 Å². The number of anilines is 1. The lowest BCUT2D eigenvalue weighted by Gasteiger charge is -2.02. The molecule has 0 radical (unpaired) electrons. The average Bonchev–Trinajstić information content (AvgIpc) is 2.95. The Balaban J connectivity index is 2.19. The van der Waals surface area contributed by atoms with Gasteiger partial charge in [0, 0.05) is 0 Å². The van der Waals surface area contributed by atoms with E-state index in [4.69, 9.17) is 0 Å². The van der Waals surface area contributed by atoms with E-state index in [0.29, 0.717) is 5.13 Å². The fourth-order valence-electron chi connectivity index (χ4n) is 1.78. The lowest BCUT2D eigenvalue weighted by atomic mass is 10.0. The molecule has 0 spiro atoms. The number of aromatic nitrogens is 2. The number of rotatable bonds is 4. The van der Waals surface area contributed by atoms with Gasteiger partial charge in [-0.05, 0) is 43.0 Å². The fourth-order valence-corrected chi connectivity index (χ4v) is 2.46. The van der Waals surface area contributed by atoms with Crippen LogP contribution >= 0.6 is 11.3 Å². The maximum absolute atomic E-state index is 12.1. The molecule has 0 unspecified atom stereocenters. The van der Waals surface area contributed by atoms with Gasteiger partial charge in [-0.2, -0.15) is 5.26 Å². The van der Waals surface area contributed by atoms with Crippen molar-refractivity contribution >= 4 is 28.5 Å². The zero-order valence-corrected chi connectivity index (χ0v) is 13.5. The van der Waals surface area contributed by atoms with Gasteiger partial charge in [-0.1, -0.05) is 36.5 Å². The molecule has 1 heterocycles. The molecule has 6 heteroatoms. The summed E-state index contributed by atoms with van der Waals surface area (Å²) in [6.07, 6.45) is 2.33. The van der Waals surface area contributed by atoms with Crippen molar-refractivity contribution in [2.24, 2.45) is 0 Å². The van der Waals surface area contributed by atoms with Gasteiger partial charge in [0.15, 0.2) is 0 Å². The highest BCUT2D eigenvalue weighted by Crippen LogP contribution is 2.17. The van der Waals surface area contributed by atoms with E-state index in [0.717, 1.165) is 22.6 Å². The minimum absolute atomic E-state index is 0.0384. The lowest BCUT2D eigenvalue weighted by molar-refractivity contribution is -0.112. The van der Waals surface area contributed by atoms with Crippen LogP contribution in [0.4, 0.5) is 5.13 Å². The van der Waals surface area contributed by atoms with Crippen molar-refractivity contribution in [3.05, 3.63) is 45.5 Å². The van der Waals surface area contributed by atoms with Gasteiger partial charge in [0.2, 0.25) is 5.13 Å². The molecule has 1 aromatic heterocycles. The molecule has 1 aromatic carbocycles. The molecule has 0 aliphatic rings. The molecular weight excluding hydrogens is 296 g/mol. The number of hydrogen-bond donors (Lipinski definition) is 1. The summed E-state index contributed by atoms with van der Waals surface area (Å²) in [5, 5.41) is 20.9. The first kappa shape index (κ1) is 15.9. The minimum Gasteiger partial charge on any atom is -0.296 e. The predicted octanol–water partition coefficient (Wildman–Crippen LogP) is 3.26. The summed E-state index contributed by atoms with van der Waals surface area (Å²) in [4.78, 5) is 12.1. The Bertz CT molecular complexity index is 771. The molecule has 1 amide bonds. The van der Waals surface area contributed by atoms with E-state index in [1.165, 1.54) is 16.9 Å². The van der Waals surface area contributed by atoms with Gasteiger partial charge in [-0.15, -0.1) is 10.2 Å². The Hall–Kier alpha value is -2.52. The average molecular weight is 312 g/mol. The molecule has 0 aliphatic heterocycles. The Morgan fingerprint density at radius 2 is 2.14 bits per heavy atom. The number of hydrogen-bond acceptors (Lipinski definition) is 5. The van der Waals surface area contributed by atoms with E-state index < -0.39 is 5.91 Å². The molecule has 0 atom stereocenters. The summed E-state index contributed by atoms with van der Waals surface area (Å²) >= 11 is 1.31. The Morgan fingerprint density at radius 3 is 2.73 bits per heavy atom. The van der Waals surface area contributed by atoms with Gasteiger partial charge in [0.1, 0.15) is 16.6 Å². The van der Waals surface area contributed by atoms with Gasteiger partial charge >= 0.3 is 0 Å². The topological polar surface area (TPSA) is 78.7 Å². The highest BCUT2D eigenvalue weighted by atomic mass is 32.1. The van der Waals surface area contributed by atoms with Crippen LogP contribution < -0.4 is 5.32 Å². The molecule has 0 bridgehead atoms. The first-order valence-corrected chi connectivity index (χ1v) is 7.68. The Morgan fingerprint density at radius 1 is 1.36 bits per heavy atom. The standard InChI is InChI=1S/C16H16N4OS/c1-4-14-19-20-16(22-14)18-15(21)13(9-17)8-12-6-5-10(2)11(3)7-12/h5-8H,4H2,1-3H3,(H,18,20,21). The first-order chi connectivity index (χ1) is 10.5. The van der Waals surface area contributed by atoms with Crippen molar-refractivity contribution in [2.45, 2.75) is 27.2 Å². The van der Waals surface area contributed by atoms with Gasteiger partial charge in [-0.25, -0.2) is 0 Å². The van der Waals surface area contributed by atoms with Crippen LogP contribution in [0.1, 0.15) is 28.6 Å². The van der Waals surface area contributed by atoms with Crippen LogP contribution in [0.3, 0.4) is 0 Å². The molecule has 22 heavy (non-hydrogen) atoms. The second-order valence-electron chi connectivity index (χ2n) is 4.82. The van der Waals surface area contributed by atoms with Crippen molar-refractivity contribution in [3.63, 3.8) is 0 Å². The Kier molecular flexibility index (Phi) is 5.02. The summed E-state index contributed by atoms with van der Waals surface area (Å²) in [6.45, 7) is 5.97.